The zero-order valence-electron chi connectivity index (χ0n) is 12.7. The van der Waals surface area contributed by atoms with Gasteiger partial charge in [0.15, 0.2) is 0 Å². The lowest BCUT2D eigenvalue weighted by molar-refractivity contribution is 0.0453. The van der Waals surface area contributed by atoms with Crippen molar-refractivity contribution in [1.29, 1.82) is 0 Å². The molecule has 0 rings (SSSR count). The van der Waals surface area contributed by atoms with E-state index in [2.05, 4.69) is 26.1 Å². The summed E-state index contributed by atoms with van der Waals surface area (Å²) in [6.45, 7) is 12.2. The molecule has 0 fully saturated rings. The smallest absolute Gasteiger partial charge is 0.0700 e. The van der Waals surface area contributed by atoms with E-state index in [1.54, 1.807) is 0 Å². The SMILES string of the molecule is CCCCOCCOCCCCCNCC(C)C. The number of hydrogen-bond acceptors (Lipinski definition) is 3. The molecular weight excluding hydrogens is 226 g/mol. The molecule has 0 aromatic carbocycles. The fraction of sp³-hybridized carbons (Fsp3) is 1.00. The molecule has 18 heavy (non-hydrogen) atoms. The molecule has 0 aliphatic rings. The molecule has 0 saturated carbocycles. The average molecular weight is 259 g/mol. The Morgan fingerprint density at radius 2 is 1.50 bits per heavy atom. The number of hydrogen-bond donors (Lipinski definition) is 1. The lowest BCUT2D eigenvalue weighted by Crippen LogP contribution is -2.20. The minimum Gasteiger partial charge on any atom is -0.379 e. The summed E-state index contributed by atoms with van der Waals surface area (Å²) in [5.41, 5.74) is 0. The predicted octanol–water partition coefficient (Wildman–Crippen LogP) is 3.24. The Morgan fingerprint density at radius 3 is 2.11 bits per heavy atom. The Hall–Kier alpha value is -0.120. The summed E-state index contributed by atoms with van der Waals surface area (Å²) in [7, 11) is 0. The van der Waals surface area contributed by atoms with Crippen molar-refractivity contribution in [3.63, 3.8) is 0 Å². The second-order valence-corrected chi connectivity index (χ2v) is 5.24. The van der Waals surface area contributed by atoms with Crippen molar-refractivity contribution in [2.75, 3.05) is 39.5 Å². The van der Waals surface area contributed by atoms with E-state index in [1.165, 1.54) is 19.3 Å². The largest absolute Gasteiger partial charge is 0.379 e. The van der Waals surface area contributed by atoms with Crippen LogP contribution in [0.15, 0.2) is 0 Å². The minimum atomic E-state index is 0.745. The summed E-state index contributed by atoms with van der Waals surface area (Å²) in [5.74, 6) is 0.751. The summed E-state index contributed by atoms with van der Waals surface area (Å²) in [6.07, 6.45) is 6.03. The molecule has 0 aromatic heterocycles. The van der Waals surface area contributed by atoms with E-state index in [4.69, 9.17) is 9.47 Å². The molecule has 110 valence electrons. The topological polar surface area (TPSA) is 30.5 Å². The molecule has 0 unspecified atom stereocenters. The van der Waals surface area contributed by atoms with Crippen molar-refractivity contribution in [3.8, 4) is 0 Å². The Kier molecular flexibility index (Phi) is 14.8. The standard InChI is InChI=1S/C15H33NO2/c1-4-5-10-17-12-13-18-11-8-6-7-9-16-14-15(2)3/h15-16H,4-14H2,1-3H3. The van der Waals surface area contributed by atoms with Gasteiger partial charge in [0.05, 0.1) is 13.2 Å². The van der Waals surface area contributed by atoms with Crippen LogP contribution in [0.1, 0.15) is 52.9 Å². The van der Waals surface area contributed by atoms with E-state index >= 15 is 0 Å². The normalized spacial score (nSPS) is 11.3. The highest BCUT2D eigenvalue weighted by Crippen LogP contribution is 1.96. The third kappa shape index (κ3) is 15.9. The molecule has 0 spiro atoms. The molecular formula is C15H33NO2. The molecule has 3 heteroatoms. The first kappa shape index (κ1) is 17.9. The average Bonchev–Trinajstić information content (AvgIpc) is 2.34. The maximum atomic E-state index is 5.51. The quantitative estimate of drug-likeness (QED) is 0.486. The van der Waals surface area contributed by atoms with Crippen molar-refractivity contribution < 1.29 is 9.47 Å². The molecule has 0 aromatic rings. The first-order valence-electron chi connectivity index (χ1n) is 7.63. The number of ether oxygens (including phenoxy) is 2. The Morgan fingerprint density at radius 1 is 0.833 bits per heavy atom. The van der Waals surface area contributed by atoms with E-state index < -0.39 is 0 Å². The minimum absolute atomic E-state index is 0.745. The Bertz CT molecular complexity index is 151. The van der Waals surface area contributed by atoms with Gasteiger partial charge in [0, 0.05) is 13.2 Å². The molecule has 0 radical (unpaired) electrons. The summed E-state index contributed by atoms with van der Waals surface area (Å²) in [5, 5.41) is 3.45. The van der Waals surface area contributed by atoms with Crippen LogP contribution in [0.3, 0.4) is 0 Å². The zero-order valence-corrected chi connectivity index (χ0v) is 12.7. The van der Waals surface area contributed by atoms with Crippen LogP contribution in [-0.2, 0) is 9.47 Å². The maximum absolute atomic E-state index is 5.51. The van der Waals surface area contributed by atoms with Gasteiger partial charge in [0.1, 0.15) is 0 Å². The third-order valence-electron chi connectivity index (χ3n) is 2.71. The van der Waals surface area contributed by atoms with Gasteiger partial charge >= 0.3 is 0 Å². The van der Waals surface area contributed by atoms with Crippen molar-refractivity contribution in [2.45, 2.75) is 52.9 Å². The van der Waals surface area contributed by atoms with Gasteiger partial charge < -0.3 is 14.8 Å². The first-order valence-corrected chi connectivity index (χ1v) is 7.63. The fourth-order valence-corrected chi connectivity index (χ4v) is 1.59. The van der Waals surface area contributed by atoms with Crippen LogP contribution in [0.25, 0.3) is 0 Å². The van der Waals surface area contributed by atoms with Crippen LogP contribution in [0.5, 0.6) is 0 Å². The van der Waals surface area contributed by atoms with Crippen molar-refractivity contribution in [3.05, 3.63) is 0 Å². The highest BCUT2D eigenvalue weighted by molar-refractivity contribution is 4.51. The highest BCUT2D eigenvalue weighted by atomic mass is 16.5. The Balaban J connectivity index is 2.90. The third-order valence-corrected chi connectivity index (χ3v) is 2.71. The van der Waals surface area contributed by atoms with Gasteiger partial charge in [-0.1, -0.05) is 27.2 Å². The van der Waals surface area contributed by atoms with Crippen LogP contribution in [-0.4, -0.2) is 39.5 Å². The summed E-state index contributed by atoms with van der Waals surface area (Å²) in [4.78, 5) is 0. The van der Waals surface area contributed by atoms with Gasteiger partial charge in [-0.15, -0.1) is 0 Å². The van der Waals surface area contributed by atoms with E-state index in [9.17, 15) is 0 Å². The highest BCUT2D eigenvalue weighted by Gasteiger charge is 1.94. The maximum Gasteiger partial charge on any atom is 0.0700 e. The van der Waals surface area contributed by atoms with Crippen LogP contribution in [0, 0.1) is 5.92 Å². The second-order valence-electron chi connectivity index (χ2n) is 5.24. The molecule has 0 amide bonds. The lowest BCUT2D eigenvalue weighted by atomic mass is 10.2. The van der Waals surface area contributed by atoms with E-state index in [1.807, 2.05) is 0 Å². The van der Waals surface area contributed by atoms with Crippen LogP contribution >= 0.6 is 0 Å². The molecule has 0 aliphatic carbocycles. The molecule has 1 N–H and O–H groups in total. The van der Waals surface area contributed by atoms with Crippen LogP contribution in [0.4, 0.5) is 0 Å². The molecule has 3 nitrogen and oxygen atoms in total. The number of nitrogens with one attached hydrogen (secondary N) is 1. The monoisotopic (exact) mass is 259 g/mol. The fourth-order valence-electron chi connectivity index (χ4n) is 1.59. The van der Waals surface area contributed by atoms with Gasteiger partial charge in [-0.05, 0) is 44.7 Å². The number of unbranched alkanes of at least 4 members (excludes halogenated alkanes) is 3. The lowest BCUT2D eigenvalue weighted by Gasteiger charge is -2.07. The molecule has 0 saturated heterocycles. The molecule has 0 atom stereocenters. The molecule has 0 aliphatic heterocycles. The van der Waals surface area contributed by atoms with Crippen molar-refractivity contribution >= 4 is 0 Å². The first-order chi connectivity index (χ1) is 8.77. The van der Waals surface area contributed by atoms with Crippen LogP contribution in [0.2, 0.25) is 0 Å². The molecule has 0 bridgehead atoms. The van der Waals surface area contributed by atoms with Gasteiger partial charge in [-0.2, -0.15) is 0 Å². The van der Waals surface area contributed by atoms with Gasteiger partial charge in [-0.25, -0.2) is 0 Å². The summed E-state index contributed by atoms with van der Waals surface area (Å²) >= 11 is 0. The summed E-state index contributed by atoms with van der Waals surface area (Å²) < 4.78 is 10.9. The summed E-state index contributed by atoms with van der Waals surface area (Å²) in [6, 6.07) is 0. The van der Waals surface area contributed by atoms with E-state index in [0.717, 1.165) is 58.3 Å². The van der Waals surface area contributed by atoms with E-state index in [0.29, 0.717) is 0 Å². The van der Waals surface area contributed by atoms with Crippen molar-refractivity contribution in [1.82, 2.24) is 5.32 Å². The zero-order chi connectivity index (χ0) is 13.5. The Labute approximate surface area is 114 Å². The number of rotatable bonds is 14. The predicted molar refractivity (Wildman–Crippen MR) is 78.1 cm³/mol. The molecule has 0 heterocycles. The second kappa shape index (κ2) is 14.9. The van der Waals surface area contributed by atoms with Gasteiger partial charge in [-0.3, -0.25) is 0 Å². The van der Waals surface area contributed by atoms with E-state index in [-0.39, 0.29) is 0 Å². The van der Waals surface area contributed by atoms with Crippen molar-refractivity contribution in [2.24, 2.45) is 5.92 Å². The van der Waals surface area contributed by atoms with Gasteiger partial charge in [0.25, 0.3) is 0 Å². The van der Waals surface area contributed by atoms with Crippen LogP contribution < -0.4 is 5.32 Å². The van der Waals surface area contributed by atoms with Gasteiger partial charge in [0.2, 0.25) is 0 Å².